The average Bonchev–Trinajstić information content (AvgIpc) is 3.22. The smallest absolute Gasteiger partial charge is 0.326 e. The van der Waals surface area contributed by atoms with E-state index in [2.05, 4.69) is 16.0 Å². The number of ether oxygens (including phenoxy) is 4. The first-order valence-corrected chi connectivity index (χ1v) is 22.2. The van der Waals surface area contributed by atoms with Crippen LogP contribution in [0.3, 0.4) is 0 Å². The topological polar surface area (TPSA) is 253 Å². The van der Waals surface area contributed by atoms with Crippen LogP contribution in [0.1, 0.15) is 148 Å². The number of aliphatic carboxylic acids is 2. The quantitative estimate of drug-likeness (QED) is 0.0468. The van der Waals surface area contributed by atoms with E-state index in [4.69, 9.17) is 29.2 Å². The fraction of sp³-hybridized carbons (Fsp3) is 0.837. The van der Waals surface area contributed by atoms with Crippen molar-refractivity contribution < 1.29 is 67.8 Å². The number of hydrogen-bond acceptors (Lipinski definition) is 12. The summed E-state index contributed by atoms with van der Waals surface area (Å²) >= 11 is 0. The summed E-state index contributed by atoms with van der Waals surface area (Å²) in [6.07, 6.45) is 16.4. The van der Waals surface area contributed by atoms with Gasteiger partial charge in [0.25, 0.3) is 0 Å². The lowest BCUT2D eigenvalue weighted by Crippen LogP contribution is -2.41. The van der Waals surface area contributed by atoms with Gasteiger partial charge in [-0.2, -0.15) is 0 Å². The molecule has 60 heavy (non-hydrogen) atoms. The van der Waals surface area contributed by atoms with Crippen molar-refractivity contribution in [2.45, 2.75) is 154 Å². The molecule has 17 heteroatoms. The van der Waals surface area contributed by atoms with Gasteiger partial charge in [0, 0.05) is 51.3 Å². The van der Waals surface area contributed by atoms with E-state index in [0.717, 1.165) is 64.2 Å². The second-order valence-electron chi connectivity index (χ2n) is 15.0. The number of aliphatic hydroxyl groups is 1. The summed E-state index contributed by atoms with van der Waals surface area (Å²) in [5.74, 6) is -3.18. The third kappa shape index (κ3) is 37.5. The Morgan fingerprint density at radius 2 is 1.05 bits per heavy atom. The van der Waals surface area contributed by atoms with Crippen LogP contribution < -0.4 is 16.0 Å². The Labute approximate surface area is 357 Å². The summed E-state index contributed by atoms with van der Waals surface area (Å²) in [7, 11) is 0. The molecule has 0 fully saturated rings. The van der Waals surface area contributed by atoms with Crippen LogP contribution in [-0.2, 0) is 52.5 Å². The minimum atomic E-state index is -1.19. The van der Waals surface area contributed by atoms with Crippen LogP contribution in [-0.4, -0.2) is 135 Å². The lowest BCUT2D eigenvalue weighted by molar-refractivity contribution is -0.142. The van der Waals surface area contributed by atoms with Gasteiger partial charge >= 0.3 is 11.9 Å². The van der Waals surface area contributed by atoms with E-state index in [1.54, 1.807) is 0 Å². The van der Waals surface area contributed by atoms with Gasteiger partial charge in [0.15, 0.2) is 11.6 Å². The Bertz CT molecular complexity index is 1170. The highest BCUT2D eigenvalue weighted by atomic mass is 16.5. The number of carbonyl (C=O) groups excluding carboxylic acids is 5. The number of hydrogen-bond donors (Lipinski definition) is 6. The van der Waals surface area contributed by atoms with Gasteiger partial charge in [0.05, 0.1) is 33.0 Å². The molecule has 0 radical (unpaired) electrons. The van der Waals surface area contributed by atoms with Crippen molar-refractivity contribution in [1.29, 1.82) is 0 Å². The predicted octanol–water partition coefficient (Wildman–Crippen LogP) is 4.29. The van der Waals surface area contributed by atoms with Crippen molar-refractivity contribution in [2.75, 3.05) is 72.6 Å². The summed E-state index contributed by atoms with van der Waals surface area (Å²) in [6, 6.07) is -1.14. The molecule has 0 saturated heterocycles. The molecule has 2 atom stereocenters. The summed E-state index contributed by atoms with van der Waals surface area (Å²) in [5, 5.41) is 35.1. The molecule has 0 aliphatic carbocycles. The van der Waals surface area contributed by atoms with E-state index in [0.29, 0.717) is 51.9 Å². The molecular formula is C43H77N3O14. The van der Waals surface area contributed by atoms with Crippen LogP contribution in [0.4, 0.5) is 0 Å². The normalized spacial score (nSPS) is 12.1. The number of nitrogens with one attached hydrogen (secondary N) is 3. The first-order valence-electron chi connectivity index (χ1n) is 22.2. The first-order chi connectivity index (χ1) is 29.0. The third-order valence-corrected chi connectivity index (χ3v) is 9.80. The van der Waals surface area contributed by atoms with Gasteiger partial charge in [-0.25, -0.2) is 4.79 Å². The van der Waals surface area contributed by atoms with Crippen molar-refractivity contribution in [1.82, 2.24) is 16.0 Å². The van der Waals surface area contributed by atoms with Crippen molar-refractivity contribution in [3.63, 3.8) is 0 Å². The van der Waals surface area contributed by atoms with Crippen LogP contribution in [0.15, 0.2) is 0 Å². The molecule has 3 amide bonds. The fourth-order valence-electron chi connectivity index (χ4n) is 6.23. The second-order valence-corrected chi connectivity index (χ2v) is 15.0. The molecule has 0 rings (SSSR count). The Morgan fingerprint density at radius 1 is 0.500 bits per heavy atom. The van der Waals surface area contributed by atoms with E-state index >= 15 is 0 Å². The number of aliphatic hydroxyl groups excluding tert-OH is 1. The van der Waals surface area contributed by atoms with Gasteiger partial charge in [-0.3, -0.25) is 28.8 Å². The van der Waals surface area contributed by atoms with Gasteiger partial charge in [-0.1, -0.05) is 77.6 Å². The number of carboxylic acid groups (broad SMARTS) is 2. The molecule has 0 bridgehead atoms. The number of unbranched alkanes of at least 4 members (excludes halogenated alkanes) is 12. The Morgan fingerprint density at radius 3 is 1.63 bits per heavy atom. The standard InChI is InChI=1S/C43H77N3O14/c1-2-35(38(49)32-47)18-15-16-24-44-41(52)34-60-31-28-57-26-17-19-36(48)33-59-30-29-58-27-25-45-39(50)23-22-37(43(55)56)46-40(51)20-13-11-9-7-5-3-4-6-8-10-12-14-21-42(53)54/h35,37,47H,2-34H2,1H3,(H,44,52)(H,45,50)(H,46,51)(H,53,54)(H,55,56)/t35-,37-/m0/s1. The van der Waals surface area contributed by atoms with Crippen molar-refractivity contribution >= 4 is 41.2 Å². The second kappa shape index (κ2) is 40.9. The molecule has 0 aromatic rings. The third-order valence-electron chi connectivity index (χ3n) is 9.80. The largest absolute Gasteiger partial charge is 0.481 e. The van der Waals surface area contributed by atoms with Crippen LogP contribution in [0.5, 0.6) is 0 Å². The van der Waals surface area contributed by atoms with E-state index < -0.39 is 24.6 Å². The highest BCUT2D eigenvalue weighted by Crippen LogP contribution is 2.14. The lowest BCUT2D eigenvalue weighted by Gasteiger charge is -2.14. The zero-order valence-corrected chi connectivity index (χ0v) is 36.3. The zero-order valence-electron chi connectivity index (χ0n) is 36.3. The molecule has 0 aliphatic heterocycles. The van der Waals surface area contributed by atoms with Crippen molar-refractivity contribution in [2.24, 2.45) is 5.92 Å². The Hall–Kier alpha value is -3.51. The summed E-state index contributed by atoms with van der Waals surface area (Å²) in [6.45, 7) is 3.59. The highest BCUT2D eigenvalue weighted by Gasteiger charge is 2.21. The molecule has 0 aromatic heterocycles. The maximum atomic E-state index is 12.3. The molecule has 0 unspecified atom stereocenters. The predicted molar refractivity (Wildman–Crippen MR) is 224 cm³/mol. The summed E-state index contributed by atoms with van der Waals surface area (Å²) in [5.41, 5.74) is 0. The number of amides is 3. The van der Waals surface area contributed by atoms with Crippen LogP contribution in [0.25, 0.3) is 0 Å². The van der Waals surface area contributed by atoms with Crippen LogP contribution in [0, 0.1) is 5.92 Å². The van der Waals surface area contributed by atoms with Gasteiger partial charge in [-0.15, -0.1) is 0 Å². The molecule has 0 aromatic carbocycles. The summed E-state index contributed by atoms with van der Waals surface area (Å²) in [4.78, 5) is 82.1. The van der Waals surface area contributed by atoms with Crippen LogP contribution in [0.2, 0.25) is 0 Å². The van der Waals surface area contributed by atoms with Crippen molar-refractivity contribution in [3.8, 4) is 0 Å². The van der Waals surface area contributed by atoms with E-state index in [1.807, 2.05) is 6.92 Å². The molecule has 17 nitrogen and oxygen atoms in total. The number of rotatable bonds is 45. The average molecular weight is 860 g/mol. The molecule has 0 heterocycles. The van der Waals surface area contributed by atoms with Gasteiger partial charge < -0.3 is 50.2 Å². The fourth-order valence-corrected chi connectivity index (χ4v) is 6.23. The minimum absolute atomic E-state index is 0.0274. The monoisotopic (exact) mass is 860 g/mol. The SMILES string of the molecule is CC[C@@H](CCCCNC(=O)COCCOCCCC(=O)COCCOCCNC(=O)CC[C@H](NC(=O)CCCCCCCCCCCCCCC(=O)O)C(=O)O)C(=O)CO. The maximum absolute atomic E-state index is 12.3. The highest BCUT2D eigenvalue weighted by molar-refractivity contribution is 5.84. The van der Waals surface area contributed by atoms with E-state index in [9.17, 15) is 38.7 Å². The van der Waals surface area contributed by atoms with E-state index in [1.165, 1.54) is 19.3 Å². The molecule has 0 spiro atoms. The van der Waals surface area contributed by atoms with Gasteiger partial charge in [0.1, 0.15) is 25.9 Å². The van der Waals surface area contributed by atoms with Gasteiger partial charge in [0.2, 0.25) is 17.7 Å². The Balaban J connectivity index is 3.67. The first kappa shape index (κ1) is 56.5. The lowest BCUT2D eigenvalue weighted by atomic mass is 9.95. The van der Waals surface area contributed by atoms with Crippen molar-refractivity contribution in [3.05, 3.63) is 0 Å². The molecule has 0 saturated carbocycles. The molecule has 348 valence electrons. The van der Waals surface area contributed by atoms with Gasteiger partial charge in [-0.05, 0) is 44.9 Å². The molecular weight excluding hydrogens is 782 g/mol. The molecule has 6 N–H and O–H groups in total. The minimum Gasteiger partial charge on any atom is -0.481 e. The zero-order chi connectivity index (χ0) is 44.5. The number of Topliss-reactive ketones (excluding diaryl/α,β-unsaturated/α-hetero) is 2. The molecule has 0 aliphatic rings. The Kier molecular flexibility index (Phi) is 38.5. The number of carboxylic acids is 2. The number of carbonyl (C=O) groups is 7. The van der Waals surface area contributed by atoms with Crippen LogP contribution >= 0.6 is 0 Å². The maximum Gasteiger partial charge on any atom is 0.326 e. The number of ketones is 2. The van der Waals surface area contributed by atoms with E-state index in [-0.39, 0.29) is 107 Å². The summed E-state index contributed by atoms with van der Waals surface area (Å²) < 4.78 is 21.5.